The second kappa shape index (κ2) is 35.5. The number of para-hydroxylation sites is 2. The fourth-order valence-corrected chi connectivity index (χ4v) is 33.8. The van der Waals surface area contributed by atoms with Gasteiger partial charge in [-0.05, 0) is 431 Å². The molecule has 12 saturated carbocycles. The molecule has 0 amide bonds. The fourth-order valence-electron chi connectivity index (χ4n) is 33.8. The summed E-state index contributed by atoms with van der Waals surface area (Å²) in [6.07, 6.45) is 26.1. The average Bonchev–Trinajstić information content (AvgIpc) is 1.73. The van der Waals surface area contributed by atoms with Crippen molar-refractivity contribution in [3.05, 3.63) is 475 Å². The summed E-state index contributed by atoms with van der Waals surface area (Å²) in [7, 11) is 0. The Labute approximate surface area is 887 Å². The number of benzene rings is 19. The van der Waals surface area contributed by atoms with Crippen molar-refractivity contribution in [2.75, 3.05) is 14.7 Å². The lowest BCUT2D eigenvalue weighted by Gasteiger charge is -2.57. The van der Waals surface area contributed by atoms with Gasteiger partial charge in [-0.2, -0.15) is 0 Å². The molecule has 0 N–H and O–H groups in total. The molecule has 15 aliphatic carbocycles. The predicted octanol–water partition coefficient (Wildman–Crippen LogP) is 39.9. The summed E-state index contributed by atoms with van der Waals surface area (Å²) in [4.78, 5) is 7.45. The fraction of sp³-hybridized carbons (Fsp3) is 0.265. The van der Waals surface area contributed by atoms with E-state index in [1.54, 1.807) is 16.7 Å². The topological polar surface area (TPSA) is 9.72 Å². The smallest absolute Gasteiger partial charge is 0.0540 e. The summed E-state index contributed by atoms with van der Waals surface area (Å²) in [6, 6.07) is 161. The highest BCUT2D eigenvalue weighted by Crippen LogP contribution is 2.66. The van der Waals surface area contributed by atoms with Crippen molar-refractivity contribution in [2.45, 2.75) is 190 Å². The zero-order valence-electron chi connectivity index (χ0n) is 87.7. The predicted molar refractivity (Wildman–Crippen MR) is 630 cm³/mol. The third-order valence-electron chi connectivity index (χ3n) is 39.7. The molecule has 12 bridgehead atoms. The summed E-state index contributed by atoms with van der Waals surface area (Å²) in [5, 5.41) is 7.60. The van der Waals surface area contributed by atoms with Crippen LogP contribution in [0.15, 0.2) is 425 Å². The van der Waals surface area contributed by atoms with Gasteiger partial charge in [0.2, 0.25) is 0 Å². The molecular formula is C147H133N3. The number of rotatable bonds is 16. The highest BCUT2D eigenvalue weighted by molar-refractivity contribution is 6.04. The van der Waals surface area contributed by atoms with E-state index in [2.05, 4.69) is 481 Å². The van der Waals surface area contributed by atoms with E-state index in [0.717, 1.165) is 58.9 Å². The normalized spacial score (nSPS) is 23.9. The first-order chi connectivity index (χ1) is 73.3. The highest BCUT2D eigenvalue weighted by atomic mass is 15.2. The standard InChI is InChI=1S/C53H47N.2C47H43N/c1-52(2)49-16-7-5-13-46(49)47-27-26-43(31-50(47)52)54(51-17-8-6-14-48(51)45-15-9-11-40-10-3-4-12-44(40)45)42-24-20-39(21-25-42)38-18-22-41(23-19-38)53-32-35-28-36(33-53)30-37(29-35)34-53;1-46(2)43-16-7-5-13-40(43)41-23-22-37(27-44(41)46)48(45-17-8-6-14-42(45)39-15-9-11-34-10-3-4-12-38(34)39)36-20-18-35(19-21-36)47-28-31-24-32(29-47)26-33(25-31)30-47;1-46(2)44-10-6-5-9-42(44)43-22-21-41(27-45(43)46)48(40-20-15-34-7-3-4-8-37(34)26-40)39-18-13-36(14-19-39)35-11-16-38(17-12-35)47-28-31-23-32(29-47)25-33(24-31)30-47/h3-27,31,35-37H,28-30,32-34H2,1-2H3;3-23,27,31-33H,24-26,28-30H2,1-2H3;3-22,26-27,31-33H,23-25,28-30H2,1-2H3. The van der Waals surface area contributed by atoms with Crippen LogP contribution in [0, 0.1) is 53.3 Å². The van der Waals surface area contributed by atoms with Crippen LogP contribution in [0.25, 0.3) is 110 Å². The molecule has 3 nitrogen and oxygen atoms in total. The van der Waals surface area contributed by atoms with E-state index in [-0.39, 0.29) is 16.2 Å². The number of hydrogen-bond donors (Lipinski definition) is 0. The Kier molecular flexibility index (Phi) is 21.7. The van der Waals surface area contributed by atoms with E-state index in [0.29, 0.717) is 16.2 Å². The number of fused-ring (bicyclic) bond motifs is 12. The van der Waals surface area contributed by atoms with Crippen LogP contribution in [-0.2, 0) is 32.5 Å². The quantitative estimate of drug-likeness (QED) is 0.0955. The number of anilines is 9. The molecule has 0 saturated heterocycles. The van der Waals surface area contributed by atoms with Crippen LogP contribution in [0.4, 0.5) is 51.2 Å². The van der Waals surface area contributed by atoms with Gasteiger partial charge in [-0.3, -0.25) is 0 Å². The van der Waals surface area contributed by atoms with Gasteiger partial charge in [0.25, 0.3) is 0 Å². The van der Waals surface area contributed by atoms with Gasteiger partial charge in [-0.15, -0.1) is 0 Å². The van der Waals surface area contributed by atoms with Crippen molar-refractivity contribution >= 4 is 83.5 Å². The van der Waals surface area contributed by atoms with Gasteiger partial charge in [0.15, 0.2) is 0 Å². The number of hydrogen-bond acceptors (Lipinski definition) is 3. The second-order valence-electron chi connectivity index (χ2n) is 49.7. The van der Waals surface area contributed by atoms with Crippen LogP contribution < -0.4 is 14.7 Å². The van der Waals surface area contributed by atoms with E-state index in [1.165, 1.54) is 305 Å². The third-order valence-corrected chi connectivity index (χ3v) is 39.7. The SMILES string of the molecule is CC1(C)c2ccccc2-c2ccc(N(c3ccc(-c4ccc(C56CC7CC(CC(C7)C5)C6)cc4)cc3)c3ccc4ccccc4c3)cc21.CC1(C)c2ccccc2-c2ccc(N(c3ccc(-c4ccc(C56CC7CC(CC(C7)C5)C6)cc4)cc3)c3ccccc3-c3cccc4ccccc34)cc21.CC1(C)c2ccccc2-c2ccc(N(c3ccc(C45CC6CC(CC(C6)C4)C5)cc3)c3ccccc3-c3cccc4ccccc34)cc21. The highest BCUT2D eigenvalue weighted by Gasteiger charge is 2.55. The van der Waals surface area contributed by atoms with Gasteiger partial charge >= 0.3 is 0 Å². The Bertz CT molecular complexity index is 8400. The molecule has 3 heteroatoms. The van der Waals surface area contributed by atoms with Gasteiger partial charge in [0.1, 0.15) is 0 Å². The third kappa shape index (κ3) is 15.3. The van der Waals surface area contributed by atoms with Crippen LogP contribution in [-0.4, -0.2) is 0 Å². The lowest BCUT2D eigenvalue weighted by atomic mass is 9.48. The van der Waals surface area contributed by atoms with Crippen molar-refractivity contribution < 1.29 is 0 Å². The first-order valence-corrected chi connectivity index (χ1v) is 56.6. The molecule has 0 spiro atoms. The molecule has 0 radical (unpaired) electrons. The first-order valence-electron chi connectivity index (χ1n) is 56.6. The van der Waals surface area contributed by atoms with Gasteiger partial charge < -0.3 is 14.7 Å². The van der Waals surface area contributed by atoms with Gasteiger partial charge in [-0.25, -0.2) is 0 Å². The molecule has 34 rings (SSSR count). The van der Waals surface area contributed by atoms with Crippen LogP contribution in [0.3, 0.4) is 0 Å². The lowest BCUT2D eigenvalue weighted by molar-refractivity contribution is -0.00530. The molecular weight excluding hydrogens is 1810 g/mol. The largest absolute Gasteiger partial charge is 0.310 e. The van der Waals surface area contributed by atoms with Crippen molar-refractivity contribution in [3.8, 4) is 77.9 Å². The van der Waals surface area contributed by atoms with E-state index >= 15 is 0 Å². The molecule has 15 aliphatic rings. The molecule has 736 valence electrons. The van der Waals surface area contributed by atoms with E-state index in [4.69, 9.17) is 0 Å². The maximum atomic E-state index is 2.53. The Morgan fingerprint density at radius 2 is 0.400 bits per heavy atom. The molecule has 19 aromatic carbocycles. The zero-order valence-corrected chi connectivity index (χ0v) is 87.7. The van der Waals surface area contributed by atoms with Gasteiger partial charge in [-0.1, -0.05) is 369 Å². The molecule has 0 heterocycles. The zero-order chi connectivity index (χ0) is 100. The van der Waals surface area contributed by atoms with E-state index in [1.807, 2.05) is 0 Å². The minimum Gasteiger partial charge on any atom is -0.310 e. The van der Waals surface area contributed by atoms with Crippen LogP contribution >= 0.6 is 0 Å². The average molecular weight is 1940 g/mol. The summed E-state index contributed by atoms with van der Waals surface area (Å²) >= 11 is 0. The van der Waals surface area contributed by atoms with Crippen LogP contribution in [0.5, 0.6) is 0 Å². The summed E-state index contributed by atoms with van der Waals surface area (Å²) in [5.41, 5.74) is 43.2. The molecule has 12 fully saturated rings. The minimum absolute atomic E-state index is 0.0524. The van der Waals surface area contributed by atoms with E-state index < -0.39 is 0 Å². The molecule has 0 atom stereocenters. The van der Waals surface area contributed by atoms with Crippen molar-refractivity contribution in [3.63, 3.8) is 0 Å². The molecule has 0 aliphatic heterocycles. The van der Waals surface area contributed by atoms with Crippen LogP contribution in [0.1, 0.15) is 207 Å². The maximum Gasteiger partial charge on any atom is 0.0540 e. The van der Waals surface area contributed by atoms with Gasteiger partial charge in [0.05, 0.1) is 11.4 Å². The minimum atomic E-state index is -0.0883. The van der Waals surface area contributed by atoms with Gasteiger partial charge in [0, 0.05) is 67.2 Å². The Morgan fingerprint density at radius 3 is 0.753 bits per heavy atom. The van der Waals surface area contributed by atoms with Crippen molar-refractivity contribution in [1.29, 1.82) is 0 Å². The van der Waals surface area contributed by atoms with Crippen molar-refractivity contribution in [2.24, 2.45) is 53.3 Å². The summed E-state index contributed by atoms with van der Waals surface area (Å²) < 4.78 is 0. The lowest BCUT2D eigenvalue weighted by Crippen LogP contribution is -2.48. The van der Waals surface area contributed by atoms with Crippen LogP contribution in [0.2, 0.25) is 0 Å². The summed E-state index contributed by atoms with van der Waals surface area (Å²) in [5.74, 6) is 8.64. The summed E-state index contributed by atoms with van der Waals surface area (Å²) in [6.45, 7) is 14.3. The molecule has 150 heavy (non-hydrogen) atoms. The van der Waals surface area contributed by atoms with E-state index in [9.17, 15) is 0 Å². The molecule has 0 unspecified atom stereocenters. The molecule has 0 aromatic heterocycles. The number of nitrogens with zero attached hydrogens (tertiary/aromatic N) is 3. The maximum absolute atomic E-state index is 2.53. The molecule has 19 aromatic rings. The van der Waals surface area contributed by atoms with Crippen molar-refractivity contribution in [1.82, 2.24) is 0 Å². The Hall–Kier alpha value is -14.6. The monoisotopic (exact) mass is 1940 g/mol. The first kappa shape index (κ1) is 91.6. The second-order valence-corrected chi connectivity index (χ2v) is 49.7. The Balaban J connectivity index is 0.000000106. The Morgan fingerprint density at radius 1 is 0.167 bits per heavy atom.